The molecule has 0 unspecified atom stereocenters. The Balaban J connectivity index is 2.15. The third kappa shape index (κ3) is 2.84. The average molecular weight is 218 g/mol. The van der Waals surface area contributed by atoms with Crippen LogP contribution in [0, 0.1) is 24.6 Å². The van der Waals surface area contributed by atoms with Crippen LogP contribution in [0.15, 0.2) is 48.5 Å². The molecule has 0 aliphatic carbocycles. The zero-order valence-corrected chi connectivity index (χ0v) is 9.75. The molecule has 1 heteroatoms. The first-order valence-electron chi connectivity index (χ1n) is 5.02. The highest BCUT2D eigenvalue weighted by Gasteiger charge is 2.12. The number of aryl methyl sites for hydroxylation is 2. The summed E-state index contributed by atoms with van der Waals surface area (Å²) in [5.74, 6) is 0. The Kier molecular flexibility index (Phi) is 3.08. The Labute approximate surface area is 94.7 Å². The molecule has 0 saturated heterocycles. The van der Waals surface area contributed by atoms with Gasteiger partial charge in [-0.1, -0.05) is 35.4 Å². The van der Waals surface area contributed by atoms with E-state index in [0.717, 1.165) is 0 Å². The van der Waals surface area contributed by atoms with Crippen molar-refractivity contribution in [3.8, 4) is 0 Å². The first-order valence-corrected chi connectivity index (χ1v) is 5.78. The molecular formula is C14H14Cl+. The molecule has 0 atom stereocenters. The lowest BCUT2D eigenvalue weighted by Gasteiger charge is -1.90. The van der Waals surface area contributed by atoms with Gasteiger partial charge in [0.1, 0.15) is 0 Å². The van der Waals surface area contributed by atoms with Gasteiger partial charge in [-0.05, 0) is 13.8 Å². The van der Waals surface area contributed by atoms with Gasteiger partial charge in [0.15, 0.2) is 0 Å². The molecule has 2 rings (SSSR count). The lowest BCUT2D eigenvalue weighted by molar-refractivity contribution is -0.535. The Morgan fingerprint density at radius 1 is 0.600 bits per heavy atom. The fourth-order valence-electron chi connectivity index (χ4n) is 1.32. The van der Waals surface area contributed by atoms with Crippen molar-refractivity contribution in [1.82, 2.24) is 0 Å². The standard InChI is InChI=1S/C14H14Cl/c1-11-3-7-13(8-4-11)15-14-9-5-12(2)6-10-14/h3-10H,1-2H3/q+1. The van der Waals surface area contributed by atoms with E-state index in [1.165, 1.54) is 21.2 Å². The Morgan fingerprint density at radius 2 is 0.933 bits per heavy atom. The SMILES string of the molecule is Cc1ccc([Cl+]c2ccc(C)cc2)cc1. The van der Waals surface area contributed by atoms with Crippen LogP contribution in [-0.2, 0) is 0 Å². The van der Waals surface area contributed by atoms with Gasteiger partial charge in [-0.15, -0.1) is 0 Å². The first-order chi connectivity index (χ1) is 7.24. The molecule has 0 saturated carbocycles. The van der Waals surface area contributed by atoms with Crippen LogP contribution in [0.1, 0.15) is 11.1 Å². The number of hydrogen-bond donors (Lipinski definition) is 0. The fourth-order valence-corrected chi connectivity index (χ4v) is 2.07. The molecule has 0 nitrogen and oxygen atoms in total. The van der Waals surface area contributed by atoms with Gasteiger partial charge in [-0.25, -0.2) is 0 Å². The minimum absolute atomic E-state index is 1.24. The summed E-state index contributed by atoms with van der Waals surface area (Å²) in [6, 6.07) is 17.1. The van der Waals surface area contributed by atoms with Crippen LogP contribution >= 0.6 is 0 Å². The highest BCUT2D eigenvalue weighted by molar-refractivity contribution is 5.21. The minimum Gasteiger partial charge on any atom is -0.0536 e. The molecule has 0 aliphatic heterocycles. The minimum atomic E-state index is 1.24. The van der Waals surface area contributed by atoms with Crippen molar-refractivity contribution in [2.24, 2.45) is 0 Å². The third-order valence-electron chi connectivity index (χ3n) is 2.24. The van der Waals surface area contributed by atoms with Crippen molar-refractivity contribution >= 4 is 0 Å². The van der Waals surface area contributed by atoms with Crippen molar-refractivity contribution in [3.05, 3.63) is 69.7 Å². The summed E-state index contributed by atoms with van der Waals surface area (Å²) in [4.78, 5) is 0. The molecule has 0 N–H and O–H groups in total. The lowest BCUT2D eigenvalue weighted by atomic mass is 10.2. The molecule has 2 aromatic carbocycles. The number of rotatable bonds is 2. The van der Waals surface area contributed by atoms with Crippen molar-refractivity contribution < 1.29 is 10.8 Å². The van der Waals surface area contributed by atoms with Crippen LogP contribution in [0.25, 0.3) is 0 Å². The van der Waals surface area contributed by atoms with Crippen LogP contribution in [-0.4, -0.2) is 0 Å². The van der Waals surface area contributed by atoms with Gasteiger partial charge in [-0.2, -0.15) is 0 Å². The monoisotopic (exact) mass is 217 g/mol. The molecule has 0 spiro atoms. The number of benzene rings is 2. The van der Waals surface area contributed by atoms with E-state index in [2.05, 4.69) is 73.2 Å². The molecule has 0 heterocycles. The maximum Gasteiger partial charge on any atom is 0.235 e. The van der Waals surface area contributed by atoms with E-state index in [9.17, 15) is 0 Å². The molecule has 0 radical (unpaired) electrons. The van der Waals surface area contributed by atoms with Gasteiger partial charge in [0.2, 0.25) is 20.8 Å². The Hall–Kier alpha value is -1.27. The topological polar surface area (TPSA) is 0 Å². The molecule has 0 amide bonds. The maximum absolute atomic E-state index is 2.32. The van der Waals surface area contributed by atoms with Crippen LogP contribution < -0.4 is 0 Å². The van der Waals surface area contributed by atoms with E-state index in [0.29, 0.717) is 0 Å². The second kappa shape index (κ2) is 4.50. The molecule has 0 aromatic heterocycles. The van der Waals surface area contributed by atoms with E-state index in [1.54, 1.807) is 0 Å². The van der Waals surface area contributed by atoms with E-state index in [-0.39, 0.29) is 0 Å². The van der Waals surface area contributed by atoms with E-state index in [4.69, 9.17) is 0 Å². The van der Waals surface area contributed by atoms with Crippen LogP contribution in [0.3, 0.4) is 0 Å². The second-order valence-corrected chi connectivity index (χ2v) is 4.75. The summed E-state index contributed by atoms with van der Waals surface area (Å²) in [5, 5.41) is 2.48. The molecule has 0 aliphatic rings. The highest BCUT2D eigenvalue weighted by atomic mass is 35.5. The van der Waals surface area contributed by atoms with Crippen LogP contribution in [0.5, 0.6) is 0 Å². The molecule has 0 bridgehead atoms. The van der Waals surface area contributed by atoms with Crippen molar-refractivity contribution in [2.45, 2.75) is 13.8 Å². The van der Waals surface area contributed by atoms with Gasteiger partial charge in [0, 0.05) is 24.3 Å². The van der Waals surface area contributed by atoms with Gasteiger partial charge in [-0.3, -0.25) is 0 Å². The number of hydrogen-bond acceptors (Lipinski definition) is 0. The Bertz CT molecular complexity index is 382. The van der Waals surface area contributed by atoms with Crippen LogP contribution in [0.2, 0.25) is 10.0 Å². The van der Waals surface area contributed by atoms with Gasteiger partial charge in [0.25, 0.3) is 0 Å². The second-order valence-electron chi connectivity index (χ2n) is 3.69. The van der Waals surface area contributed by atoms with E-state index < -0.39 is 0 Å². The molecule has 76 valence electrons. The van der Waals surface area contributed by atoms with Gasteiger partial charge in [0.05, 0.1) is 0 Å². The summed E-state index contributed by atoms with van der Waals surface area (Å²) in [5.41, 5.74) is 2.60. The van der Waals surface area contributed by atoms with Crippen molar-refractivity contribution in [3.63, 3.8) is 0 Å². The van der Waals surface area contributed by atoms with Gasteiger partial charge < -0.3 is 0 Å². The van der Waals surface area contributed by atoms with Gasteiger partial charge >= 0.3 is 0 Å². The normalized spacial score (nSPS) is 10.3. The lowest BCUT2D eigenvalue weighted by Crippen LogP contribution is -1.83. The number of halogens is 1. The average Bonchev–Trinajstić information content (AvgIpc) is 2.25. The predicted octanol–water partition coefficient (Wildman–Crippen LogP) is 3.92. The molecule has 0 fully saturated rings. The molecule has 15 heavy (non-hydrogen) atoms. The molecule has 2 aromatic rings. The fraction of sp³-hybridized carbons (Fsp3) is 0.143. The van der Waals surface area contributed by atoms with E-state index in [1.807, 2.05) is 0 Å². The smallest absolute Gasteiger partial charge is 0.0536 e. The maximum atomic E-state index is 2.32. The summed E-state index contributed by atoms with van der Waals surface area (Å²) >= 11 is 0. The van der Waals surface area contributed by atoms with Crippen molar-refractivity contribution in [2.75, 3.05) is 0 Å². The third-order valence-corrected chi connectivity index (χ3v) is 3.18. The molecular weight excluding hydrogens is 204 g/mol. The summed E-state index contributed by atoms with van der Waals surface area (Å²) in [7, 11) is 2.32. The summed E-state index contributed by atoms with van der Waals surface area (Å²) in [6.45, 7) is 4.21. The zero-order valence-electron chi connectivity index (χ0n) is 9.00. The highest BCUT2D eigenvalue weighted by Crippen LogP contribution is 2.15. The van der Waals surface area contributed by atoms with Crippen molar-refractivity contribution in [1.29, 1.82) is 0 Å². The zero-order chi connectivity index (χ0) is 10.7. The Morgan fingerprint density at radius 3 is 1.27 bits per heavy atom. The summed E-state index contributed by atoms with van der Waals surface area (Å²) in [6.07, 6.45) is 0. The quantitative estimate of drug-likeness (QED) is 0.716. The largest absolute Gasteiger partial charge is 0.235 e. The van der Waals surface area contributed by atoms with Crippen LogP contribution in [0.4, 0.5) is 0 Å². The summed E-state index contributed by atoms with van der Waals surface area (Å²) < 4.78 is 0. The predicted molar refractivity (Wildman–Crippen MR) is 60.7 cm³/mol. The first kappa shape index (κ1) is 10.3. The van der Waals surface area contributed by atoms with E-state index >= 15 is 0 Å².